The summed E-state index contributed by atoms with van der Waals surface area (Å²) < 4.78 is 0. The molecule has 0 radical (unpaired) electrons. The van der Waals surface area contributed by atoms with Gasteiger partial charge < -0.3 is 16.0 Å². The normalized spacial score (nSPS) is 21.0. The van der Waals surface area contributed by atoms with Crippen molar-refractivity contribution < 1.29 is 9.59 Å². The third-order valence-electron chi connectivity index (χ3n) is 5.30. The highest BCUT2D eigenvalue weighted by Gasteiger charge is 2.28. The van der Waals surface area contributed by atoms with E-state index in [9.17, 15) is 9.59 Å². The average molecular weight is 358 g/mol. The van der Waals surface area contributed by atoms with Crippen LogP contribution in [0.25, 0.3) is 0 Å². The van der Waals surface area contributed by atoms with Crippen LogP contribution in [0, 0.1) is 5.92 Å². The number of amides is 2. The van der Waals surface area contributed by atoms with E-state index in [-0.39, 0.29) is 17.7 Å². The summed E-state index contributed by atoms with van der Waals surface area (Å²) in [5, 5.41) is 2.84. The van der Waals surface area contributed by atoms with E-state index in [1.165, 1.54) is 18.4 Å². The molecule has 6 nitrogen and oxygen atoms in total. The first-order chi connectivity index (χ1) is 12.7. The maximum absolute atomic E-state index is 12.9. The average Bonchev–Trinajstić information content (AvgIpc) is 3.19. The van der Waals surface area contributed by atoms with Crippen molar-refractivity contribution in [2.45, 2.75) is 32.2 Å². The summed E-state index contributed by atoms with van der Waals surface area (Å²) in [6.07, 6.45) is 4.22. The van der Waals surface area contributed by atoms with Crippen molar-refractivity contribution in [2.75, 3.05) is 39.3 Å². The summed E-state index contributed by atoms with van der Waals surface area (Å²) in [5.74, 6) is -0.0904. The summed E-state index contributed by atoms with van der Waals surface area (Å²) >= 11 is 0. The lowest BCUT2D eigenvalue weighted by Crippen LogP contribution is -2.46. The van der Waals surface area contributed by atoms with Gasteiger partial charge in [0.05, 0.1) is 5.92 Å². The third kappa shape index (κ3) is 4.83. The zero-order chi connectivity index (χ0) is 18.4. The van der Waals surface area contributed by atoms with Crippen LogP contribution in [-0.4, -0.2) is 60.9 Å². The molecule has 2 amide bonds. The second-order valence-electron chi connectivity index (χ2n) is 7.35. The highest BCUT2D eigenvalue weighted by molar-refractivity contribution is 5.95. The fourth-order valence-electron chi connectivity index (χ4n) is 3.90. The zero-order valence-electron chi connectivity index (χ0n) is 15.5. The van der Waals surface area contributed by atoms with Crippen molar-refractivity contribution >= 4 is 11.8 Å². The number of nitrogens with one attached hydrogen (secondary N) is 1. The van der Waals surface area contributed by atoms with Crippen LogP contribution in [0.2, 0.25) is 0 Å². The van der Waals surface area contributed by atoms with Gasteiger partial charge in [0.15, 0.2) is 0 Å². The second-order valence-corrected chi connectivity index (χ2v) is 7.35. The minimum absolute atomic E-state index is 0.00994. The molecule has 2 saturated heterocycles. The Kier molecular flexibility index (Phi) is 6.63. The largest absolute Gasteiger partial charge is 0.355 e. The van der Waals surface area contributed by atoms with Gasteiger partial charge in [-0.1, -0.05) is 12.1 Å². The van der Waals surface area contributed by atoms with Gasteiger partial charge in [0, 0.05) is 38.3 Å². The molecule has 0 spiro atoms. The molecule has 26 heavy (non-hydrogen) atoms. The molecule has 2 heterocycles. The smallest absolute Gasteiger partial charge is 0.253 e. The molecular formula is C20H30N4O2. The Morgan fingerprint density at radius 1 is 1.15 bits per heavy atom. The van der Waals surface area contributed by atoms with Gasteiger partial charge >= 0.3 is 0 Å². The van der Waals surface area contributed by atoms with Crippen molar-refractivity contribution in [3.05, 3.63) is 35.4 Å². The lowest BCUT2D eigenvalue weighted by molar-refractivity contribution is -0.126. The number of nitrogens with zero attached hydrogens (tertiary/aromatic N) is 2. The van der Waals surface area contributed by atoms with Crippen LogP contribution in [0.4, 0.5) is 0 Å². The monoisotopic (exact) mass is 358 g/mol. The van der Waals surface area contributed by atoms with Crippen molar-refractivity contribution in [2.24, 2.45) is 11.7 Å². The van der Waals surface area contributed by atoms with Gasteiger partial charge in [0.25, 0.3) is 5.91 Å². The number of rotatable bonds is 6. The van der Waals surface area contributed by atoms with Crippen molar-refractivity contribution in [1.82, 2.24) is 15.1 Å². The van der Waals surface area contributed by atoms with Crippen LogP contribution in [0.3, 0.4) is 0 Å². The molecule has 6 heteroatoms. The summed E-state index contributed by atoms with van der Waals surface area (Å²) in [4.78, 5) is 29.4. The lowest BCUT2D eigenvalue weighted by Gasteiger charge is -2.32. The Bertz CT molecular complexity index is 628. The molecule has 2 aliphatic heterocycles. The van der Waals surface area contributed by atoms with E-state index in [2.05, 4.69) is 16.3 Å². The van der Waals surface area contributed by atoms with E-state index < -0.39 is 0 Å². The predicted molar refractivity (Wildman–Crippen MR) is 102 cm³/mol. The highest BCUT2D eigenvalue weighted by atomic mass is 16.2. The van der Waals surface area contributed by atoms with Crippen molar-refractivity contribution in [3.63, 3.8) is 0 Å². The first kappa shape index (κ1) is 18.9. The van der Waals surface area contributed by atoms with Crippen LogP contribution in [-0.2, 0) is 11.3 Å². The molecule has 0 bridgehead atoms. The van der Waals surface area contributed by atoms with E-state index in [1.54, 1.807) is 0 Å². The summed E-state index contributed by atoms with van der Waals surface area (Å²) in [7, 11) is 0. The fraction of sp³-hybridized carbons (Fsp3) is 0.600. The van der Waals surface area contributed by atoms with Gasteiger partial charge in [-0.2, -0.15) is 0 Å². The molecule has 0 saturated carbocycles. The first-order valence-corrected chi connectivity index (χ1v) is 9.75. The van der Waals surface area contributed by atoms with Crippen LogP contribution in [0.5, 0.6) is 0 Å². The summed E-state index contributed by atoms with van der Waals surface area (Å²) in [5.41, 5.74) is 7.36. The molecule has 3 N–H and O–H groups in total. The van der Waals surface area contributed by atoms with Gasteiger partial charge in [-0.05, 0) is 56.5 Å². The van der Waals surface area contributed by atoms with E-state index in [1.807, 2.05) is 23.1 Å². The lowest BCUT2D eigenvalue weighted by atomic mass is 9.96. The molecule has 1 aromatic rings. The first-order valence-electron chi connectivity index (χ1n) is 9.75. The molecule has 2 fully saturated rings. The number of carbonyl (C=O) groups excluding carboxylic acids is 2. The van der Waals surface area contributed by atoms with Crippen LogP contribution in [0.1, 0.15) is 41.6 Å². The number of carbonyl (C=O) groups is 2. The van der Waals surface area contributed by atoms with Crippen LogP contribution >= 0.6 is 0 Å². The number of hydrogen-bond acceptors (Lipinski definition) is 4. The third-order valence-corrected chi connectivity index (χ3v) is 5.30. The standard InChI is InChI=1S/C20H30N4O2/c21-8-9-22-19(25)18-7-4-12-24(15-18)20(26)17-6-3-5-16(13-17)14-23-10-1-2-11-23/h3,5-6,13,18H,1-2,4,7-12,14-15,21H2,(H,22,25). The van der Waals surface area contributed by atoms with Crippen LogP contribution < -0.4 is 11.1 Å². The molecule has 1 atom stereocenters. The predicted octanol–water partition coefficient (Wildman–Crippen LogP) is 1.21. The Balaban J connectivity index is 1.61. The Hall–Kier alpha value is -1.92. The summed E-state index contributed by atoms with van der Waals surface area (Å²) in [6.45, 7) is 5.33. The minimum Gasteiger partial charge on any atom is -0.355 e. The maximum Gasteiger partial charge on any atom is 0.253 e. The highest BCUT2D eigenvalue weighted by Crippen LogP contribution is 2.20. The quantitative estimate of drug-likeness (QED) is 0.801. The molecule has 2 aliphatic rings. The number of benzene rings is 1. The molecule has 0 aliphatic carbocycles. The molecule has 142 valence electrons. The van der Waals surface area contributed by atoms with Gasteiger partial charge in [-0.15, -0.1) is 0 Å². The second kappa shape index (κ2) is 9.14. The Morgan fingerprint density at radius 2 is 1.96 bits per heavy atom. The Labute approximate surface area is 155 Å². The van der Waals surface area contributed by atoms with Crippen molar-refractivity contribution in [1.29, 1.82) is 0 Å². The zero-order valence-corrected chi connectivity index (χ0v) is 15.5. The van der Waals surface area contributed by atoms with Crippen molar-refractivity contribution in [3.8, 4) is 0 Å². The van der Waals surface area contributed by atoms with Gasteiger partial charge in [0.2, 0.25) is 5.91 Å². The molecular weight excluding hydrogens is 328 g/mol. The molecule has 1 unspecified atom stereocenters. The Morgan fingerprint density at radius 3 is 2.73 bits per heavy atom. The van der Waals surface area contributed by atoms with Crippen LogP contribution in [0.15, 0.2) is 24.3 Å². The number of nitrogens with two attached hydrogens (primary N) is 1. The number of likely N-dealkylation sites (tertiary alicyclic amines) is 2. The van der Waals surface area contributed by atoms with E-state index >= 15 is 0 Å². The van der Waals surface area contributed by atoms with E-state index in [0.717, 1.165) is 44.6 Å². The van der Waals surface area contributed by atoms with E-state index in [0.29, 0.717) is 19.6 Å². The molecule has 1 aromatic carbocycles. The SMILES string of the molecule is NCCNC(=O)C1CCCN(C(=O)c2cccc(CN3CCCC3)c2)C1. The number of hydrogen-bond donors (Lipinski definition) is 2. The number of piperidine rings is 1. The minimum atomic E-state index is -0.132. The topological polar surface area (TPSA) is 78.7 Å². The molecule has 3 rings (SSSR count). The molecule has 0 aromatic heterocycles. The fourth-order valence-corrected chi connectivity index (χ4v) is 3.90. The van der Waals surface area contributed by atoms with Gasteiger partial charge in [0.1, 0.15) is 0 Å². The van der Waals surface area contributed by atoms with Gasteiger partial charge in [-0.3, -0.25) is 14.5 Å². The van der Waals surface area contributed by atoms with E-state index in [4.69, 9.17) is 5.73 Å². The maximum atomic E-state index is 12.9. The van der Waals surface area contributed by atoms with Gasteiger partial charge in [-0.25, -0.2) is 0 Å². The summed E-state index contributed by atoms with van der Waals surface area (Å²) in [6, 6.07) is 7.95.